The quantitative estimate of drug-likeness (QED) is 0.160. The highest BCUT2D eigenvalue weighted by Crippen LogP contribution is 2.29. The number of aliphatic carboxylic acids is 1. The van der Waals surface area contributed by atoms with Crippen LogP contribution in [-0.2, 0) is 9.59 Å². The summed E-state index contributed by atoms with van der Waals surface area (Å²) in [7, 11) is 1.60. The molecule has 0 fully saturated rings. The molecule has 12 heteroatoms. The highest BCUT2D eigenvalue weighted by Gasteiger charge is 2.17. The van der Waals surface area contributed by atoms with Crippen LogP contribution < -0.4 is 14.9 Å². The lowest BCUT2D eigenvalue weighted by atomic mass is 10.2. The summed E-state index contributed by atoms with van der Waals surface area (Å²) < 4.78 is 12.3. The van der Waals surface area contributed by atoms with Crippen molar-refractivity contribution < 1.29 is 24.2 Å². The minimum atomic E-state index is -1.09. The van der Waals surface area contributed by atoms with Crippen LogP contribution in [0.3, 0.4) is 0 Å². The maximum absolute atomic E-state index is 12.5. The predicted octanol–water partition coefficient (Wildman–Crippen LogP) is 4.30. The number of nitrogens with zero attached hydrogens (tertiary/aromatic N) is 4. The molecule has 0 unspecified atom stereocenters. The molecular formula is C26H22ClN5O5S. The number of hydrazone groups is 1. The van der Waals surface area contributed by atoms with Crippen LogP contribution in [0.4, 0.5) is 0 Å². The number of carboxylic acid groups (broad SMARTS) is 1. The van der Waals surface area contributed by atoms with Gasteiger partial charge in [-0.05, 0) is 60.7 Å². The first kappa shape index (κ1) is 26.7. The number of ether oxygens (including phenoxy) is 2. The number of carboxylic acids is 1. The molecule has 10 nitrogen and oxygen atoms in total. The van der Waals surface area contributed by atoms with Crippen LogP contribution in [0.15, 0.2) is 83.1 Å². The largest absolute Gasteiger partial charge is 0.497 e. The molecule has 1 amide bonds. The van der Waals surface area contributed by atoms with Crippen LogP contribution in [0.25, 0.3) is 17.1 Å². The van der Waals surface area contributed by atoms with Crippen molar-refractivity contribution in [2.24, 2.45) is 5.10 Å². The third-order valence-corrected chi connectivity index (χ3v) is 6.24. The van der Waals surface area contributed by atoms with Crippen molar-refractivity contribution in [3.05, 3.63) is 83.4 Å². The van der Waals surface area contributed by atoms with E-state index in [0.717, 1.165) is 11.3 Å². The van der Waals surface area contributed by atoms with Crippen LogP contribution in [0, 0.1) is 0 Å². The molecule has 4 aromatic rings. The number of carbonyl (C=O) groups is 2. The molecular weight excluding hydrogens is 530 g/mol. The van der Waals surface area contributed by atoms with E-state index < -0.39 is 12.6 Å². The van der Waals surface area contributed by atoms with Crippen LogP contribution in [-0.4, -0.2) is 57.4 Å². The Kier molecular flexibility index (Phi) is 8.96. The highest BCUT2D eigenvalue weighted by molar-refractivity contribution is 7.99. The lowest BCUT2D eigenvalue weighted by Gasteiger charge is -2.11. The second-order valence-electron chi connectivity index (χ2n) is 7.65. The molecule has 38 heavy (non-hydrogen) atoms. The fourth-order valence-corrected chi connectivity index (χ4v) is 4.18. The number of methoxy groups -OCH3 is 1. The zero-order valence-electron chi connectivity index (χ0n) is 20.1. The number of rotatable bonds is 11. The van der Waals surface area contributed by atoms with Gasteiger partial charge in [-0.2, -0.15) is 5.10 Å². The van der Waals surface area contributed by atoms with Crippen LogP contribution in [0.1, 0.15) is 5.56 Å². The van der Waals surface area contributed by atoms with E-state index in [-0.39, 0.29) is 11.7 Å². The Balaban J connectivity index is 1.47. The fraction of sp³-hybridized carbons (Fsp3) is 0.115. The lowest BCUT2D eigenvalue weighted by molar-refractivity contribution is -0.139. The molecule has 3 aromatic carbocycles. The molecule has 0 aliphatic rings. The normalized spacial score (nSPS) is 10.9. The second-order valence-corrected chi connectivity index (χ2v) is 9.03. The summed E-state index contributed by atoms with van der Waals surface area (Å²) in [5, 5.41) is 22.6. The summed E-state index contributed by atoms with van der Waals surface area (Å²) in [5.74, 6) is 0.200. The maximum atomic E-state index is 12.5. The molecule has 0 radical (unpaired) electrons. The van der Waals surface area contributed by atoms with Gasteiger partial charge in [0, 0.05) is 21.8 Å². The Bertz CT molecular complexity index is 1440. The molecule has 4 rings (SSSR count). The van der Waals surface area contributed by atoms with Gasteiger partial charge in [0.1, 0.15) is 11.5 Å². The van der Waals surface area contributed by atoms with E-state index >= 15 is 0 Å². The Labute approximate surface area is 227 Å². The van der Waals surface area contributed by atoms with E-state index in [1.165, 1.54) is 18.0 Å². The van der Waals surface area contributed by atoms with Gasteiger partial charge in [0.2, 0.25) is 0 Å². The van der Waals surface area contributed by atoms with Gasteiger partial charge >= 0.3 is 5.97 Å². The van der Waals surface area contributed by atoms with Gasteiger partial charge in [-0.1, -0.05) is 35.5 Å². The van der Waals surface area contributed by atoms with Gasteiger partial charge in [0.05, 0.1) is 19.1 Å². The third-order valence-electron chi connectivity index (χ3n) is 5.06. The van der Waals surface area contributed by atoms with Gasteiger partial charge in [-0.25, -0.2) is 10.2 Å². The lowest BCUT2D eigenvalue weighted by Crippen LogP contribution is -2.20. The van der Waals surface area contributed by atoms with Gasteiger partial charge in [-0.3, -0.25) is 9.36 Å². The second kappa shape index (κ2) is 12.7. The number of carbonyl (C=O) groups excluding carboxylic acids is 1. The first-order valence-electron chi connectivity index (χ1n) is 11.2. The number of para-hydroxylation sites is 1. The van der Waals surface area contributed by atoms with Gasteiger partial charge < -0.3 is 14.6 Å². The van der Waals surface area contributed by atoms with Gasteiger partial charge in [0.25, 0.3) is 5.91 Å². The first-order chi connectivity index (χ1) is 18.4. The van der Waals surface area contributed by atoms with E-state index in [9.17, 15) is 9.59 Å². The Morgan fingerprint density at radius 1 is 1.08 bits per heavy atom. The van der Waals surface area contributed by atoms with Crippen molar-refractivity contribution in [3.63, 3.8) is 0 Å². The number of aromatic nitrogens is 3. The van der Waals surface area contributed by atoms with Crippen molar-refractivity contribution in [3.8, 4) is 28.6 Å². The van der Waals surface area contributed by atoms with E-state index in [1.54, 1.807) is 43.5 Å². The number of hydrogen-bond acceptors (Lipinski definition) is 8. The molecule has 194 valence electrons. The predicted molar refractivity (Wildman–Crippen MR) is 144 cm³/mol. The maximum Gasteiger partial charge on any atom is 0.341 e. The average molecular weight is 552 g/mol. The minimum absolute atomic E-state index is 0.0167. The SMILES string of the molecule is COc1ccc(-c2nnc(SCC(=O)NN=Cc3ccccc3OCC(=O)O)n2-c2ccc(Cl)cc2)cc1. The van der Waals surface area contributed by atoms with Crippen LogP contribution in [0.2, 0.25) is 5.02 Å². The number of thioether (sulfide) groups is 1. The van der Waals surface area contributed by atoms with E-state index in [4.69, 9.17) is 26.2 Å². The van der Waals surface area contributed by atoms with Crippen molar-refractivity contribution in [2.75, 3.05) is 19.5 Å². The zero-order chi connectivity index (χ0) is 26.9. The molecule has 0 saturated heterocycles. The summed E-state index contributed by atoms with van der Waals surface area (Å²) in [6.45, 7) is -0.485. The molecule has 0 bridgehead atoms. The van der Waals surface area contributed by atoms with E-state index in [0.29, 0.717) is 33.1 Å². The van der Waals surface area contributed by atoms with Gasteiger partial charge in [0.15, 0.2) is 17.6 Å². The molecule has 0 spiro atoms. The zero-order valence-corrected chi connectivity index (χ0v) is 21.6. The number of benzene rings is 3. The smallest absolute Gasteiger partial charge is 0.341 e. The van der Waals surface area contributed by atoms with E-state index in [1.807, 2.05) is 41.0 Å². The molecule has 0 aliphatic carbocycles. The molecule has 0 aliphatic heterocycles. The molecule has 2 N–H and O–H groups in total. The summed E-state index contributed by atoms with van der Waals surface area (Å²) in [6, 6.07) is 21.4. The van der Waals surface area contributed by atoms with Crippen LogP contribution >= 0.6 is 23.4 Å². The monoisotopic (exact) mass is 551 g/mol. The van der Waals surface area contributed by atoms with Crippen LogP contribution in [0.5, 0.6) is 11.5 Å². The third kappa shape index (κ3) is 6.90. The summed E-state index contributed by atoms with van der Waals surface area (Å²) in [6.07, 6.45) is 1.39. The Morgan fingerprint density at radius 2 is 1.82 bits per heavy atom. The topological polar surface area (TPSA) is 128 Å². The number of hydrogen-bond donors (Lipinski definition) is 2. The highest BCUT2D eigenvalue weighted by atomic mass is 35.5. The Hall–Kier alpha value is -4.35. The average Bonchev–Trinajstić information content (AvgIpc) is 3.35. The Morgan fingerprint density at radius 3 is 2.53 bits per heavy atom. The van der Waals surface area contributed by atoms with E-state index in [2.05, 4.69) is 20.7 Å². The van der Waals surface area contributed by atoms with Crippen molar-refractivity contribution >= 4 is 41.5 Å². The number of nitrogens with one attached hydrogen (secondary N) is 1. The fourth-order valence-electron chi connectivity index (χ4n) is 3.31. The summed E-state index contributed by atoms with van der Waals surface area (Å²) >= 11 is 7.27. The molecule has 0 atom stereocenters. The van der Waals surface area contributed by atoms with Crippen molar-refractivity contribution in [1.29, 1.82) is 0 Å². The molecule has 0 saturated carbocycles. The number of amides is 1. The summed E-state index contributed by atoms with van der Waals surface area (Å²) in [5.41, 5.74) is 4.58. The molecule has 1 heterocycles. The number of halogens is 1. The minimum Gasteiger partial charge on any atom is -0.497 e. The van der Waals surface area contributed by atoms with Crippen molar-refractivity contribution in [1.82, 2.24) is 20.2 Å². The van der Waals surface area contributed by atoms with Gasteiger partial charge in [-0.15, -0.1) is 10.2 Å². The van der Waals surface area contributed by atoms with Crippen molar-refractivity contribution in [2.45, 2.75) is 5.16 Å². The molecule has 1 aromatic heterocycles. The first-order valence-corrected chi connectivity index (χ1v) is 12.5. The standard InChI is InChI=1S/C26H22ClN5O5S/c1-36-21-12-6-17(7-13-21)25-30-31-26(32(25)20-10-8-19(27)9-11-20)38-16-23(33)29-28-14-18-4-2-3-5-22(18)37-15-24(34)35/h2-14H,15-16H2,1H3,(H,29,33)(H,34,35). The summed E-state index contributed by atoms with van der Waals surface area (Å²) in [4.78, 5) is 23.3.